The molecule has 5 heteroatoms. The Hall–Kier alpha value is -2.45. The highest BCUT2D eigenvalue weighted by atomic mass is 32.1. The number of rotatable bonds is 4. The van der Waals surface area contributed by atoms with Gasteiger partial charge in [-0.05, 0) is 31.1 Å². The number of thiazole rings is 1. The van der Waals surface area contributed by atoms with Crippen LogP contribution in [0.4, 0.5) is 5.69 Å². The lowest BCUT2D eigenvalue weighted by Gasteiger charge is -2.02. The van der Waals surface area contributed by atoms with Gasteiger partial charge in [-0.25, -0.2) is 4.98 Å². The molecule has 0 spiro atoms. The smallest absolute Gasteiger partial charge is 0.266 e. The molecule has 3 rings (SSSR count). The maximum Gasteiger partial charge on any atom is 0.266 e. The zero-order valence-electron chi connectivity index (χ0n) is 11.2. The van der Waals surface area contributed by atoms with Crippen molar-refractivity contribution in [3.63, 3.8) is 0 Å². The average molecular weight is 295 g/mol. The minimum absolute atomic E-state index is 0.0616. The molecule has 21 heavy (non-hydrogen) atoms. The van der Waals surface area contributed by atoms with E-state index in [0.717, 1.165) is 5.01 Å². The summed E-state index contributed by atoms with van der Waals surface area (Å²) >= 11 is 1.59. The van der Waals surface area contributed by atoms with E-state index >= 15 is 0 Å². The highest BCUT2D eigenvalue weighted by molar-refractivity contribution is 7.09. The molecule has 1 N–H and O–H groups in total. The zero-order valence-corrected chi connectivity index (χ0v) is 12.1. The summed E-state index contributed by atoms with van der Waals surface area (Å²) in [6.07, 6.45) is 3.92. The lowest BCUT2D eigenvalue weighted by atomic mass is 10.2. The third-order valence-electron chi connectivity index (χ3n) is 3.16. The van der Waals surface area contributed by atoms with Crippen LogP contribution in [-0.4, -0.2) is 10.9 Å². The number of carbonyl (C=O) groups is 1. The molecule has 0 radical (unpaired) electrons. The predicted octanol–water partition coefficient (Wildman–Crippen LogP) is 3.57. The van der Waals surface area contributed by atoms with Crippen molar-refractivity contribution in [2.75, 3.05) is 5.32 Å². The summed E-state index contributed by atoms with van der Waals surface area (Å²) in [4.78, 5) is 16.5. The molecule has 0 unspecified atom stereocenters. The Balaban J connectivity index is 1.75. The second-order valence-corrected chi connectivity index (χ2v) is 5.76. The molecule has 1 aliphatic rings. The van der Waals surface area contributed by atoms with Gasteiger partial charge in [0.25, 0.3) is 5.91 Å². The van der Waals surface area contributed by atoms with Crippen LogP contribution in [0.25, 0.3) is 6.08 Å². The van der Waals surface area contributed by atoms with Crippen LogP contribution < -0.4 is 5.32 Å². The van der Waals surface area contributed by atoms with Gasteiger partial charge in [0.1, 0.15) is 11.6 Å². The van der Waals surface area contributed by atoms with E-state index in [4.69, 9.17) is 5.26 Å². The normalized spacial score (nSPS) is 14.5. The van der Waals surface area contributed by atoms with E-state index < -0.39 is 5.91 Å². The molecule has 1 amide bonds. The van der Waals surface area contributed by atoms with Crippen molar-refractivity contribution in [1.82, 2.24) is 4.98 Å². The van der Waals surface area contributed by atoms with Gasteiger partial charge in [-0.15, -0.1) is 11.3 Å². The lowest BCUT2D eigenvalue weighted by molar-refractivity contribution is -0.112. The van der Waals surface area contributed by atoms with Gasteiger partial charge >= 0.3 is 0 Å². The Labute approximate surface area is 126 Å². The minimum atomic E-state index is -0.412. The summed E-state index contributed by atoms with van der Waals surface area (Å²) in [6, 6.07) is 11.0. The number of anilines is 1. The van der Waals surface area contributed by atoms with Crippen LogP contribution in [0.1, 0.15) is 29.5 Å². The Morgan fingerprint density at radius 2 is 2.14 bits per heavy atom. The van der Waals surface area contributed by atoms with Crippen LogP contribution in [-0.2, 0) is 4.79 Å². The molecule has 104 valence electrons. The van der Waals surface area contributed by atoms with Crippen molar-refractivity contribution in [3.8, 4) is 6.07 Å². The fraction of sp³-hybridized carbons (Fsp3) is 0.188. The number of aromatic nitrogens is 1. The van der Waals surface area contributed by atoms with Crippen molar-refractivity contribution in [2.45, 2.75) is 18.8 Å². The number of benzene rings is 1. The number of nitriles is 1. The summed E-state index contributed by atoms with van der Waals surface area (Å²) in [5, 5.41) is 14.9. The van der Waals surface area contributed by atoms with E-state index in [-0.39, 0.29) is 5.57 Å². The van der Waals surface area contributed by atoms with Crippen molar-refractivity contribution >= 4 is 29.0 Å². The quantitative estimate of drug-likeness (QED) is 0.692. The molecular weight excluding hydrogens is 282 g/mol. The molecule has 0 bridgehead atoms. The Kier molecular flexibility index (Phi) is 3.80. The van der Waals surface area contributed by atoms with E-state index in [9.17, 15) is 4.79 Å². The molecule has 1 saturated carbocycles. The van der Waals surface area contributed by atoms with Crippen molar-refractivity contribution in [3.05, 3.63) is 52.0 Å². The average Bonchev–Trinajstić information content (AvgIpc) is 3.25. The zero-order chi connectivity index (χ0) is 14.7. The van der Waals surface area contributed by atoms with Crippen LogP contribution in [0.5, 0.6) is 0 Å². The monoisotopic (exact) mass is 295 g/mol. The molecule has 1 fully saturated rings. The molecule has 1 heterocycles. The first-order valence-electron chi connectivity index (χ1n) is 6.70. The number of nitrogens with zero attached hydrogens (tertiary/aromatic N) is 2. The largest absolute Gasteiger partial charge is 0.321 e. The molecule has 1 aliphatic carbocycles. The number of nitrogens with one attached hydrogen (secondary N) is 1. The topological polar surface area (TPSA) is 65.8 Å². The number of para-hydroxylation sites is 1. The van der Waals surface area contributed by atoms with Gasteiger partial charge in [-0.3, -0.25) is 4.79 Å². The van der Waals surface area contributed by atoms with E-state index in [1.54, 1.807) is 29.5 Å². The van der Waals surface area contributed by atoms with Crippen LogP contribution in [0.2, 0.25) is 0 Å². The van der Waals surface area contributed by atoms with E-state index in [2.05, 4.69) is 10.3 Å². The van der Waals surface area contributed by atoms with Crippen LogP contribution in [0.15, 0.2) is 41.3 Å². The van der Waals surface area contributed by atoms with Crippen LogP contribution in [0.3, 0.4) is 0 Å². The van der Waals surface area contributed by atoms with E-state index in [1.165, 1.54) is 12.8 Å². The van der Waals surface area contributed by atoms with Crippen LogP contribution >= 0.6 is 11.3 Å². The highest BCUT2D eigenvalue weighted by Crippen LogP contribution is 2.41. The minimum Gasteiger partial charge on any atom is -0.321 e. The Bertz CT molecular complexity index is 723. The van der Waals surface area contributed by atoms with Crippen molar-refractivity contribution in [2.24, 2.45) is 0 Å². The first kappa shape index (κ1) is 13.5. The van der Waals surface area contributed by atoms with E-state index in [0.29, 0.717) is 17.3 Å². The Morgan fingerprint density at radius 1 is 1.38 bits per heavy atom. The molecule has 2 aromatic rings. The van der Waals surface area contributed by atoms with Gasteiger partial charge in [-0.1, -0.05) is 18.2 Å². The fourth-order valence-corrected chi connectivity index (χ4v) is 2.85. The first-order chi connectivity index (χ1) is 10.3. The summed E-state index contributed by atoms with van der Waals surface area (Å²) in [5.74, 6) is 0.172. The fourth-order valence-electron chi connectivity index (χ4n) is 1.90. The second-order valence-electron chi connectivity index (χ2n) is 4.87. The number of carbonyl (C=O) groups excluding carboxylic acids is 1. The maximum atomic E-state index is 12.1. The summed E-state index contributed by atoms with van der Waals surface area (Å²) in [5.41, 5.74) is 1.41. The SMILES string of the molecule is N#C/C(=C/c1csc(C2CC2)n1)C(=O)Nc1ccccc1. The first-order valence-corrected chi connectivity index (χ1v) is 7.58. The molecule has 0 atom stereocenters. The van der Waals surface area contributed by atoms with Gasteiger partial charge in [0.15, 0.2) is 0 Å². The second kappa shape index (κ2) is 5.90. The standard InChI is InChI=1S/C16H13N3OS/c17-9-12(15(20)18-13-4-2-1-3-5-13)8-14-10-21-16(19-14)11-6-7-11/h1-5,8,10-11H,6-7H2,(H,18,20)/b12-8-. The van der Waals surface area contributed by atoms with Crippen molar-refractivity contribution < 1.29 is 4.79 Å². The maximum absolute atomic E-state index is 12.1. The van der Waals surface area contributed by atoms with Crippen molar-refractivity contribution in [1.29, 1.82) is 5.26 Å². The van der Waals surface area contributed by atoms with Gasteiger partial charge in [0, 0.05) is 17.0 Å². The molecule has 1 aromatic carbocycles. The molecule has 4 nitrogen and oxygen atoms in total. The summed E-state index contributed by atoms with van der Waals surface area (Å²) < 4.78 is 0. The van der Waals surface area contributed by atoms with Gasteiger partial charge in [-0.2, -0.15) is 5.26 Å². The van der Waals surface area contributed by atoms with Gasteiger partial charge in [0.05, 0.1) is 10.7 Å². The number of hydrogen-bond donors (Lipinski definition) is 1. The van der Waals surface area contributed by atoms with Gasteiger partial charge in [0.2, 0.25) is 0 Å². The molecule has 0 aliphatic heterocycles. The number of hydrogen-bond acceptors (Lipinski definition) is 4. The third-order valence-corrected chi connectivity index (χ3v) is 4.18. The number of amides is 1. The molecular formula is C16H13N3OS. The Morgan fingerprint density at radius 3 is 2.81 bits per heavy atom. The third kappa shape index (κ3) is 3.36. The summed E-state index contributed by atoms with van der Waals surface area (Å²) in [7, 11) is 0. The van der Waals surface area contributed by atoms with Crippen LogP contribution in [0, 0.1) is 11.3 Å². The molecule has 1 aromatic heterocycles. The predicted molar refractivity (Wildman–Crippen MR) is 82.8 cm³/mol. The highest BCUT2D eigenvalue weighted by Gasteiger charge is 2.26. The van der Waals surface area contributed by atoms with Gasteiger partial charge < -0.3 is 5.32 Å². The molecule has 0 saturated heterocycles. The van der Waals surface area contributed by atoms with E-state index in [1.807, 2.05) is 29.6 Å². The lowest BCUT2D eigenvalue weighted by Crippen LogP contribution is -2.13. The summed E-state index contributed by atoms with van der Waals surface area (Å²) in [6.45, 7) is 0.